The van der Waals surface area contributed by atoms with Crippen LogP contribution in [0.2, 0.25) is 0 Å². The van der Waals surface area contributed by atoms with Gasteiger partial charge in [-0.2, -0.15) is 0 Å². The van der Waals surface area contributed by atoms with Gasteiger partial charge in [-0.1, -0.05) is 26.0 Å². The van der Waals surface area contributed by atoms with Crippen LogP contribution in [-0.2, 0) is 0 Å². The van der Waals surface area contributed by atoms with E-state index in [1.807, 2.05) is 24.3 Å². The van der Waals surface area contributed by atoms with E-state index in [1.165, 1.54) is 18.0 Å². The van der Waals surface area contributed by atoms with Crippen molar-refractivity contribution in [1.29, 1.82) is 0 Å². The van der Waals surface area contributed by atoms with Crippen molar-refractivity contribution in [2.24, 2.45) is 0 Å². The molecule has 0 aliphatic heterocycles. The number of nitrogens with two attached hydrogens (primary N) is 1. The number of carbonyl (C=O) groups excluding carboxylic acids is 1. The summed E-state index contributed by atoms with van der Waals surface area (Å²) < 4.78 is 0. The number of aromatic nitrogens is 2. The number of nitrogen functional groups attached to an aromatic ring is 1. The third-order valence-electron chi connectivity index (χ3n) is 2.72. The minimum absolute atomic E-state index is 0.240. The monoisotopic (exact) mass is 256 g/mol. The zero-order chi connectivity index (χ0) is 13.8. The van der Waals surface area contributed by atoms with Gasteiger partial charge < -0.3 is 11.1 Å². The second-order valence-electron chi connectivity index (χ2n) is 4.56. The largest absolute Gasteiger partial charge is 0.382 e. The Hall–Kier alpha value is -2.43. The summed E-state index contributed by atoms with van der Waals surface area (Å²) >= 11 is 0. The van der Waals surface area contributed by atoms with E-state index in [9.17, 15) is 4.79 Å². The van der Waals surface area contributed by atoms with Gasteiger partial charge in [-0.3, -0.25) is 4.79 Å². The fourth-order valence-electron chi connectivity index (χ4n) is 1.63. The Balaban J connectivity index is 2.14. The summed E-state index contributed by atoms with van der Waals surface area (Å²) in [5, 5.41) is 2.79. The lowest BCUT2D eigenvalue weighted by Crippen LogP contribution is -2.14. The Morgan fingerprint density at radius 2 is 2.05 bits per heavy atom. The van der Waals surface area contributed by atoms with E-state index >= 15 is 0 Å². The van der Waals surface area contributed by atoms with Crippen molar-refractivity contribution >= 4 is 17.4 Å². The van der Waals surface area contributed by atoms with Crippen LogP contribution < -0.4 is 11.1 Å². The summed E-state index contributed by atoms with van der Waals surface area (Å²) in [6.45, 7) is 4.21. The number of nitrogens with zero attached hydrogens (tertiary/aromatic N) is 2. The van der Waals surface area contributed by atoms with Crippen LogP contribution in [-0.4, -0.2) is 15.9 Å². The Morgan fingerprint density at radius 3 is 2.68 bits per heavy atom. The van der Waals surface area contributed by atoms with Crippen LogP contribution in [0.15, 0.2) is 36.7 Å². The molecule has 0 radical (unpaired) electrons. The summed E-state index contributed by atoms with van der Waals surface area (Å²) in [7, 11) is 0. The maximum absolute atomic E-state index is 12.0. The highest BCUT2D eigenvalue weighted by Crippen LogP contribution is 2.18. The van der Waals surface area contributed by atoms with E-state index in [0.717, 1.165) is 5.69 Å². The van der Waals surface area contributed by atoms with Gasteiger partial charge >= 0.3 is 0 Å². The first-order chi connectivity index (χ1) is 9.06. The van der Waals surface area contributed by atoms with Crippen molar-refractivity contribution < 1.29 is 4.79 Å². The van der Waals surface area contributed by atoms with Crippen LogP contribution in [0.4, 0.5) is 11.5 Å². The SMILES string of the molecule is CC(C)c1cccc(NC(=O)c2cnc(N)cn2)c1. The molecule has 2 aromatic rings. The molecule has 0 aliphatic carbocycles. The van der Waals surface area contributed by atoms with Crippen molar-refractivity contribution in [1.82, 2.24) is 9.97 Å². The Morgan fingerprint density at radius 1 is 1.26 bits per heavy atom. The van der Waals surface area contributed by atoms with E-state index in [0.29, 0.717) is 11.7 Å². The molecule has 1 heterocycles. The summed E-state index contributed by atoms with van der Waals surface area (Å²) in [6.07, 6.45) is 2.72. The van der Waals surface area contributed by atoms with Crippen molar-refractivity contribution in [3.8, 4) is 0 Å². The molecule has 5 nitrogen and oxygen atoms in total. The molecule has 98 valence electrons. The standard InChI is InChI=1S/C14H16N4O/c1-9(2)10-4-3-5-11(6-10)18-14(19)12-7-17-13(15)8-16-12/h3-9H,1-2H3,(H2,15,17)(H,18,19). The number of amides is 1. The smallest absolute Gasteiger partial charge is 0.275 e. The van der Waals surface area contributed by atoms with E-state index in [1.54, 1.807) is 0 Å². The van der Waals surface area contributed by atoms with Crippen LogP contribution in [0.25, 0.3) is 0 Å². The zero-order valence-electron chi connectivity index (χ0n) is 10.9. The summed E-state index contributed by atoms with van der Waals surface area (Å²) in [6, 6.07) is 7.74. The number of anilines is 2. The third kappa shape index (κ3) is 3.28. The van der Waals surface area contributed by atoms with Gasteiger partial charge in [0.1, 0.15) is 11.5 Å². The minimum atomic E-state index is -0.298. The van der Waals surface area contributed by atoms with Crippen LogP contribution in [0, 0.1) is 0 Å². The van der Waals surface area contributed by atoms with E-state index in [-0.39, 0.29) is 11.6 Å². The lowest BCUT2D eigenvalue weighted by atomic mass is 10.0. The first-order valence-electron chi connectivity index (χ1n) is 6.05. The maximum atomic E-state index is 12.0. The van der Waals surface area contributed by atoms with Crippen molar-refractivity contribution in [3.63, 3.8) is 0 Å². The fraction of sp³-hybridized carbons (Fsp3) is 0.214. The average molecular weight is 256 g/mol. The van der Waals surface area contributed by atoms with Gasteiger partial charge in [-0.15, -0.1) is 0 Å². The first-order valence-corrected chi connectivity index (χ1v) is 6.05. The Labute approximate surface area is 111 Å². The Kier molecular flexibility index (Phi) is 3.75. The molecule has 0 atom stereocenters. The lowest BCUT2D eigenvalue weighted by Gasteiger charge is -2.09. The predicted molar refractivity (Wildman–Crippen MR) is 74.9 cm³/mol. The highest BCUT2D eigenvalue weighted by Gasteiger charge is 2.08. The van der Waals surface area contributed by atoms with E-state index in [2.05, 4.69) is 29.1 Å². The molecule has 0 saturated carbocycles. The number of nitrogens with one attached hydrogen (secondary N) is 1. The van der Waals surface area contributed by atoms with E-state index < -0.39 is 0 Å². The van der Waals surface area contributed by atoms with Gasteiger partial charge in [0, 0.05) is 5.69 Å². The summed E-state index contributed by atoms with van der Waals surface area (Å²) in [4.78, 5) is 19.7. The van der Waals surface area contributed by atoms with Gasteiger partial charge in [0.2, 0.25) is 0 Å². The topological polar surface area (TPSA) is 80.9 Å². The van der Waals surface area contributed by atoms with Gasteiger partial charge in [-0.05, 0) is 23.6 Å². The second-order valence-corrected chi connectivity index (χ2v) is 4.56. The molecule has 1 aromatic carbocycles. The number of hydrogen-bond acceptors (Lipinski definition) is 4. The molecule has 0 aliphatic rings. The number of hydrogen-bond donors (Lipinski definition) is 2. The first kappa shape index (κ1) is 13.0. The second kappa shape index (κ2) is 5.48. The highest BCUT2D eigenvalue weighted by atomic mass is 16.1. The van der Waals surface area contributed by atoms with Gasteiger partial charge in [-0.25, -0.2) is 9.97 Å². The predicted octanol–water partition coefficient (Wildman–Crippen LogP) is 2.43. The third-order valence-corrected chi connectivity index (χ3v) is 2.72. The Bertz CT molecular complexity index is 578. The van der Waals surface area contributed by atoms with Crippen molar-refractivity contribution in [2.45, 2.75) is 19.8 Å². The van der Waals surface area contributed by atoms with Gasteiger partial charge in [0.15, 0.2) is 0 Å². The van der Waals surface area contributed by atoms with Gasteiger partial charge in [0.25, 0.3) is 5.91 Å². The zero-order valence-corrected chi connectivity index (χ0v) is 10.9. The highest BCUT2D eigenvalue weighted by molar-refractivity contribution is 6.02. The van der Waals surface area contributed by atoms with Crippen molar-refractivity contribution in [2.75, 3.05) is 11.1 Å². The number of benzene rings is 1. The van der Waals surface area contributed by atoms with Crippen LogP contribution in [0.5, 0.6) is 0 Å². The lowest BCUT2D eigenvalue weighted by molar-refractivity contribution is 0.102. The molecule has 0 spiro atoms. The molecule has 1 amide bonds. The molecule has 0 bridgehead atoms. The number of rotatable bonds is 3. The van der Waals surface area contributed by atoms with Crippen LogP contribution >= 0.6 is 0 Å². The molecule has 2 rings (SSSR count). The van der Waals surface area contributed by atoms with Crippen LogP contribution in [0.1, 0.15) is 35.8 Å². The number of carbonyl (C=O) groups is 1. The minimum Gasteiger partial charge on any atom is -0.382 e. The molecule has 5 heteroatoms. The normalized spacial score (nSPS) is 10.5. The quantitative estimate of drug-likeness (QED) is 0.883. The molecule has 0 saturated heterocycles. The summed E-state index contributed by atoms with van der Waals surface area (Å²) in [5.41, 5.74) is 7.58. The molecule has 3 N–H and O–H groups in total. The van der Waals surface area contributed by atoms with Crippen molar-refractivity contribution in [3.05, 3.63) is 47.9 Å². The summed E-state index contributed by atoms with van der Waals surface area (Å²) in [5.74, 6) is 0.403. The molecule has 1 aromatic heterocycles. The molecule has 0 unspecified atom stereocenters. The van der Waals surface area contributed by atoms with E-state index in [4.69, 9.17) is 5.73 Å². The molecular weight excluding hydrogens is 240 g/mol. The molecule has 0 fully saturated rings. The van der Waals surface area contributed by atoms with Crippen LogP contribution in [0.3, 0.4) is 0 Å². The molecule has 19 heavy (non-hydrogen) atoms. The fourth-order valence-corrected chi connectivity index (χ4v) is 1.63. The molecular formula is C14H16N4O. The van der Waals surface area contributed by atoms with Gasteiger partial charge in [0.05, 0.1) is 12.4 Å². The maximum Gasteiger partial charge on any atom is 0.275 e. The average Bonchev–Trinajstić information content (AvgIpc) is 2.39.